The third kappa shape index (κ3) is 2.67. The fraction of sp³-hybridized carbons (Fsp3) is 0.474. The van der Waals surface area contributed by atoms with Crippen molar-refractivity contribution >= 4 is 16.5 Å². The molecule has 0 amide bonds. The van der Waals surface area contributed by atoms with Gasteiger partial charge in [0.2, 0.25) is 0 Å². The molecule has 1 saturated carbocycles. The molecule has 1 N–H and O–H groups in total. The van der Waals surface area contributed by atoms with Crippen molar-refractivity contribution < 1.29 is 0 Å². The summed E-state index contributed by atoms with van der Waals surface area (Å²) < 4.78 is 0. The Labute approximate surface area is 122 Å². The number of nitrogens with one attached hydrogen (secondary N) is 1. The fourth-order valence-electron chi connectivity index (χ4n) is 3.71. The van der Waals surface area contributed by atoms with E-state index in [1.54, 1.807) is 0 Å². The molecule has 0 heterocycles. The highest BCUT2D eigenvalue weighted by molar-refractivity contribution is 5.93. The van der Waals surface area contributed by atoms with Gasteiger partial charge in [0.1, 0.15) is 0 Å². The molecule has 1 nitrogen and oxygen atoms in total. The lowest BCUT2D eigenvalue weighted by atomic mass is 9.70. The summed E-state index contributed by atoms with van der Waals surface area (Å²) in [6.45, 7) is 7.19. The van der Waals surface area contributed by atoms with Gasteiger partial charge in [-0.3, -0.25) is 0 Å². The Bertz CT molecular complexity index is 594. The Morgan fingerprint density at radius 3 is 2.60 bits per heavy atom. The van der Waals surface area contributed by atoms with Crippen molar-refractivity contribution in [2.75, 3.05) is 5.32 Å². The zero-order chi connectivity index (χ0) is 14.2. The molecule has 2 unspecified atom stereocenters. The van der Waals surface area contributed by atoms with E-state index in [4.69, 9.17) is 0 Å². The number of rotatable bonds is 2. The molecule has 1 aliphatic rings. The van der Waals surface area contributed by atoms with Crippen LogP contribution in [0.4, 0.5) is 5.69 Å². The molecule has 20 heavy (non-hydrogen) atoms. The number of benzene rings is 2. The minimum atomic E-state index is 0.510. The lowest BCUT2D eigenvalue weighted by Crippen LogP contribution is -2.36. The minimum Gasteiger partial charge on any atom is -0.382 e. The van der Waals surface area contributed by atoms with Gasteiger partial charge in [-0.1, -0.05) is 57.2 Å². The van der Waals surface area contributed by atoms with Gasteiger partial charge in [0, 0.05) is 17.1 Å². The normalized spacial score (nSPS) is 25.6. The molecule has 106 valence electrons. The summed E-state index contributed by atoms with van der Waals surface area (Å²) in [6.07, 6.45) is 3.91. The topological polar surface area (TPSA) is 12.0 Å². The quantitative estimate of drug-likeness (QED) is 0.761. The molecule has 0 saturated heterocycles. The van der Waals surface area contributed by atoms with E-state index in [2.05, 4.69) is 68.6 Å². The van der Waals surface area contributed by atoms with Crippen LogP contribution in [0.25, 0.3) is 10.8 Å². The average molecular weight is 267 g/mol. The second kappa shape index (κ2) is 5.12. The Kier molecular flexibility index (Phi) is 3.45. The first-order valence-electron chi connectivity index (χ1n) is 7.79. The van der Waals surface area contributed by atoms with Crippen LogP contribution in [0.5, 0.6) is 0 Å². The molecule has 1 fully saturated rings. The molecule has 0 spiro atoms. The molecule has 1 heteroatoms. The Hall–Kier alpha value is -1.50. The van der Waals surface area contributed by atoms with Gasteiger partial charge in [-0.15, -0.1) is 0 Å². The zero-order valence-corrected chi connectivity index (χ0v) is 12.8. The van der Waals surface area contributed by atoms with Crippen LogP contribution in [0, 0.1) is 11.3 Å². The van der Waals surface area contributed by atoms with Crippen molar-refractivity contribution in [3.8, 4) is 0 Å². The summed E-state index contributed by atoms with van der Waals surface area (Å²) >= 11 is 0. The predicted molar refractivity (Wildman–Crippen MR) is 88.2 cm³/mol. The Morgan fingerprint density at radius 1 is 1.05 bits per heavy atom. The van der Waals surface area contributed by atoms with Gasteiger partial charge >= 0.3 is 0 Å². The van der Waals surface area contributed by atoms with E-state index in [-0.39, 0.29) is 0 Å². The molecule has 0 aromatic heterocycles. The standard InChI is InChI=1S/C19H25N/c1-14-13-19(2,3)12-11-17(14)20-18-10-6-8-15-7-4-5-9-16(15)18/h4-10,14,17,20H,11-13H2,1-3H3. The molecule has 2 aromatic carbocycles. The third-order valence-electron chi connectivity index (χ3n) is 4.82. The number of fused-ring (bicyclic) bond motifs is 1. The maximum atomic E-state index is 3.81. The summed E-state index contributed by atoms with van der Waals surface area (Å²) in [5.74, 6) is 0.734. The highest BCUT2D eigenvalue weighted by Gasteiger charge is 2.32. The summed E-state index contributed by atoms with van der Waals surface area (Å²) in [5, 5.41) is 6.47. The fourth-order valence-corrected chi connectivity index (χ4v) is 3.71. The highest BCUT2D eigenvalue weighted by Crippen LogP contribution is 2.40. The van der Waals surface area contributed by atoms with Crippen LogP contribution in [-0.4, -0.2) is 6.04 Å². The van der Waals surface area contributed by atoms with Gasteiger partial charge in [0.05, 0.1) is 0 Å². The van der Waals surface area contributed by atoms with Crippen molar-refractivity contribution in [1.29, 1.82) is 0 Å². The lowest BCUT2D eigenvalue weighted by Gasteiger charge is -2.40. The molecular weight excluding hydrogens is 242 g/mol. The van der Waals surface area contributed by atoms with Crippen LogP contribution in [0.2, 0.25) is 0 Å². The summed E-state index contributed by atoms with van der Waals surface area (Å²) in [5.41, 5.74) is 1.80. The van der Waals surface area contributed by atoms with Gasteiger partial charge in [0.25, 0.3) is 0 Å². The van der Waals surface area contributed by atoms with Gasteiger partial charge in [-0.2, -0.15) is 0 Å². The van der Waals surface area contributed by atoms with Gasteiger partial charge < -0.3 is 5.32 Å². The van der Waals surface area contributed by atoms with Gasteiger partial charge in [-0.05, 0) is 42.0 Å². The molecule has 0 radical (unpaired) electrons. The van der Waals surface area contributed by atoms with Gasteiger partial charge in [-0.25, -0.2) is 0 Å². The SMILES string of the molecule is CC1CC(C)(C)CCC1Nc1cccc2ccccc12. The van der Waals surface area contributed by atoms with Crippen LogP contribution in [0.1, 0.15) is 40.0 Å². The highest BCUT2D eigenvalue weighted by atomic mass is 14.9. The third-order valence-corrected chi connectivity index (χ3v) is 4.82. The smallest absolute Gasteiger partial charge is 0.0422 e. The largest absolute Gasteiger partial charge is 0.382 e. The molecule has 3 rings (SSSR count). The van der Waals surface area contributed by atoms with Crippen LogP contribution in [-0.2, 0) is 0 Å². The molecular formula is C19H25N. The first kappa shape index (κ1) is 13.5. The summed E-state index contributed by atoms with van der Waals surface area (Å²) in [6, 6.07) is 15.8. The van der Waals surface area contributed by atoms with E-state index in [1.165, 1.54) is 35.7 Å². The maximum absolute atomic E-state index is 3.81. The molecule has 2 aromatic rings. The van der Waals surface area contributed by atoms with Crippen molar-refractivity contribution in [3.63, 3.8) is 0 Å². The van der Waals surface area contributed by atoms with Crippen LogP contribution in [0.15, 0.2) is 42.5 Å². The van der Waals surface area contributed by atoms with E-state index in [0.717, 1.165) is 5.92 Å². The zero-order valence-electron chi connectivity index (χ0n) is 12.8. The number of hydrogen-bond donors (Lipinski definition) is 1. The van der Waals surface area contributed by atoms with E-state index in [0.29, 0.717) is 11.5 Å². The summed E-state index contributed by atoms with van der Waals surface area (Å²) in [7, 11) is 0. The molecule has 2 atom stereocenters. The van der Waals surface area contributed by atoms with Crippen molar-refractivity contribution in [2.24, 2.45) is 11.3 Å². The molecule has 0 aliphatic heterocycles. The second-order valence-electron chi connectivity index (χ2n) is 7.16. The van der Waals surface area contributed by atoms with E-state index in [1.807, 2.05) is 0 Å². The van der Waals surface area contributed by atoms with E-state index >= 15 is 0 Å². The first-order valence-corrected chi connectivity index (χ1v) is 7.79. The van der Waals surface area contributed by atoms with Crippen LogP contribution in [0.3, 0.4) is 0 Å². The lowest BCUT2D eigenvalue weighted by molar-refractivity contribution is 0.177. The second-order valence-corrected chi connectivity index (χ2v) is 7.16. The van der Waals surface area contributed by atoms with Crippen molar-refractivity contribution in [3.05, 3.63) is 42.5 Å². The summed E-state index contributed by atoms with van der Waals surface area (Å²) in [4.78, 5) is 0. The molecule has 0 bridgehead atoms. The van der Waals surface area contributed by atoms with Crippen LogP contribution >= 0.6 is 0 Å². The monoisotopic (exact) mass is 267 g/mol. The number of anilines is 1. The average Bonchev–Trinajstić information content (AvgIpc) is 2.42. The van der Waals surface area contributed by atoms with Crippen molar-refractivity contribution in [2.45, 2.75) is 46.1 Å². The molecule has 1 aliphatic carbocycles. The van der Waals surface area contributed by atoms with E-state index in [9.17, 15) is 0 Å². The van der Waals surface area contributed by atoms with E-state index < -0.39 is 0 Å². The Balaban J connectivity index is 1.83. The van der Waals surface area contributed by atoms with Crippen LogP contribution < -0.4 is 5.32 Å². The predicted octanol–water partition coefficient (Wildman–Crippen LogP) is 5.47. The Morgan fingerprint density at radius 2 is 1.80 bits per heavy atom. The van der Waals surface area contributed by atoms with Crippen molar-refractivity contribution in [1.82, 2.24) is 0 Å². The first-order chi connectivity index (χ1) is 9.55. The number of hydrogen-bond acceptors (Lipinski definition) is 1. The van der Waals surface area contributed by atoms with Gasteiger partial charge in [0.15, 0.2) is 0 Å². The maximum Gasteiger partial charge on any atom is 0.0422 e. The minimum absolute atomic E-state index is 0.510.